The molecule has 2 nitrogen and oxygen atoms in total. The van der Waals surface area contributed by atoms with Gasteiger partial charge in [0.15, 0.2) is 0 Å². The van der Waals surface area contributed by atoms with Crippen molar-refractivity contribution in [3.8, 4) is 0 Å². The van der Waals surface area contributed by atoms with E-state index in [0.717, 1.165) is 17.5 Å². The predicted octanol–water partition coefficient (Wildman–Crippen LogP) is 4.14. The molecule has 0 aliphatic rings. The van der Waals surface area contributed by atoms with Gasteiger partial charge >= 0.3 is 5.97 Å². The number of carbonyl (C=O) groups is 1. The van der Waals surface area contributed by atoms with Crippen LogP contribution in [0.25, 0.3) is 0 Å². The fourth-order valence-corrected chi connectivity index (χ4v) is 2.31. The summed E-state index contributed by atoms with van der Waals surface area (Å²) in [6, 6.07) is 17.0. The van der Waals surface area contributed by atoms with E-state index < -0.39 is 11.9 Å². The number of benzene rings is 2. The molecule has 0 aromatic heterocycles. The summed E-state index contributed by atoms with van der Waals surface area (Å²) < 4.78 is 0. The SMILES string of the molecule is O=C(O)C(CCc1ccccc1)c1cccc(Cl)c1. The van der Waals surface area contributed by atoms with E-state index >= 15 is 0 Å². The highest BCUT2D eigenvalue weighted by atomic mass is 35.5. The van der Waals surface area contributed by atoms with Crippen molar-refractivity contribution in [1.82, 2.24) is 0 Å². The molecular weight excluding hydrogens is 260 g/mol. The fourth-order valence-electron chi connectivity index (χ4n) is 2.11. The van der Waals surface area contributed by atoms with Crippen molar-refractivity contribution < 1.29 is 9.90 Å². The molecule has 3 heteroatoms. The van der Waals surface area contributed by atoms with Crippen molar-refractivity contribution in [2.45, 2.75) is 18.8 Å². The van der Waals surface area contributed by atoms with Crippen LogP contribution in [0.15, 0.2) is 54.6 Å². The predicted molar refractivity (Wildman–Crippen MR) is 76.6 cm³/mol. The topological polar surface area (TPSA) is 37.3 Å². The van der Waals surface area contributed by atoms with Gasteiger partial charge in [0.2, 0.25) is 0 Å². The van der Waals surface area contributed by atoms with E-state index in [4.69, 9.17) is 11.6 Å². The third kappa shape index (κ3) is 3.83. The lowest BCUT2D eigenvalue weighted by molar-refractivity contribution is -0.138. The highest BCUT2D eigenvalue weighted by molar-refractivity contribution is 6.30. The number of rotatable bonds is 5. The maximum atomic E-state index is 11.4. The van der Waals surface area contributed by atoms with E-state index in [0.29, 0.717) is 11.4 Å². The van der Waals surface area contributed by atoms with Gasteiger partial charge in [0.1, 0.15) is 0 Å². The van der Waals surface area contributed by atoms with Crippen LogP contribution >= 0.6 is 11.6 Å². The number of carboxylic acid groups (broad SMARTS) is 1. The largest absolute Gasteiger partial charge is 0.481 e. The maximum absolute atomic E-state index is 11.4. The Hall–Kier alpha value is -1.80. The molecule has 2 rings (SSSR count). The minimum atomic E-state index is -0.807. The van der Waals surface area contributed by atoms with Crippen molar-refractivity contribution in [1.29, 1.82) is 0 Å². The Morgan fingerprint density at radius 3 is 2.47 bits per heavy atom. The average molecular weight is 275 g/mol. The third-order valence-electron chi connectivity index (χ3n) is 3.11. The quantitative estimate of drug-likeness (QED) is 0.890. The first-order chi connectivity index (χ1) is 9.16. The van der Waals surface area contributed by atoms with Gasteiger partial charge in [-0.3, -0.25) is 4.79 Å². The monoisotopic (exact) mass is 274 g/mol. The van der Waals surface area contributed by atoms with Crippen molar-refractivity contribution in [3.05, 3.63) is 70.7 Å². The number of aryl methyl sites for hydroxylation is 1. The van der Waals surface area contributed by atoms with Gasteiger partial charge in [0.05, 0.1) is 5.92 Å². The molecule has 0 fully saturated rings. The molecule has 0 aliphatic carbocycles. The van der Waals surface area contributed by atoms with Crippen LogP contribution in [-0.4, -0.2) is 11.1 Å². The Balaban J connectivity index is 2.11. The zero-order valence-corrected chi connectivity index (χ0v) is 11.2. The lowest BCUT2D eigenvalue weighted by Gasteiger charge is -2.13. The molecule has 1 N–H and O–H groups in total. The van der Waals surface area contributed by atoms with Crippen molar-refractivity contribution in [2.75, 3.05) is 0 Å². The van der Waals surface area contributed by atoms with Gasteiger partial charge in [-0.2, -0.15) is 0 Å². The molecule has 0 radical (unpaired) electrons. The first-order valence-corrected chi connectivity index (χ1v) is 6.57. The Morgan fingerprint density at radius 2 is 1.84 bits per heavy atom. The molecule has 0 heterocycles. The standard InChI is InChI=1S/C16H15ClO2/c17-14-8-4-7-13(11-14)15(16(18)19)10-9-12-5-2-1-3-6-12/h1-8,11,15H,9-10H2,(H,18,19). The summed E-state index contributed by atoms with van der Waals surface area (Å²) in [5.74, 6) is -1.32. The lowest BCUT2D eigenvalue weighted by atomic mass is 9.92. The molecule has 19 heavy (non-hydrogen) atoms. The van der Waals surface area contributed by atoms with E-state index in [1.54, 1.807) is 18.2 Å². The van der Waals surface area contributed by atoms with Gasteiger partial charge in [-0.05, 0) is 36.1 Å². The summed E-state index contributed by atoms with van der Waals surface area (Å²) in [6.45, 7) is 0. The molecule has 0 saturated carbocycles. The highest BCUT2D eigenvalue weighted by Gasteiger charge is 2.19. The summed E-state index contributed by atoms with van der Waals surface area (Å²) in [6.07, 6.45) is 1.31. The van der Waals surface area contributed by atoms with Gasteiger partial charge in [-0.15, -0.1) is 0 Å². The normalized spacial score (nSPS) is 12.1. The van der Waals surface area contributed by atoms with E-state index in [2.05, 4.69) is 0 Å². The molecular formula is C16H15ClO2. The van der Waals surface area contributed by atoms with Crippen LogP contribution in [0.2, 0.25) is 5.02 Å². The molecule has 0 saturated heterocycles. The molecule has 1 atom stereocenters. The molecule has 0 amide bonds. The van der Waals surface area contributed by atoms with Crippen molar-refractivity contribution >= 4 is 17.6 Å². The Morgan fingerprint density at radius 1 is 1.11 bits per heavy atom. The summed E-state index contributed by atoms with van der Waals surface area (Å²) in [5, 5.41) is 9.93. The first-order valence-electron chi connectivity index (χ1n) is 6.19. The van der Waals surface area contributed by atoms with Crippen LogP contribution in [-0.2, 0) is 11.2 Å². The minimum absolute atomic E-state index is 0.515. The lowest BCUT2D eigenvalue weighted by Crippen LogP contribution is -2.12. The van der Waals surface area contributed by atoms with Crippen LogP contribution in [0.1, 0.15) is 23.5 Å². The second-order valence-electron chi connectivity index (χ2n) is 4.47. The number of carboxylic acids is 1. The zero-order chi connectivity index (χ0) is 13.7. The van der Waals surface area contributed by atoms with Crippen molar-refractivity contribution in [3.63, 3.8) is 0 Å². The number of halogens is 1. The van der Waals surface area contributed by atoms with Crippen LogP contribution in [0.4, 0.5) is 0 Å². The number of aliphatic carboxylic acids is 1. The first kappa shape index (κ1) is 13.6. The maximum Gasteiger partial charge on any atom is 0.310 e. The van der Waals surface area contributed by atoms with E-state index in [9.17, 15) is 9.90 Å². The smallest absolute Gasteiger partial charge is 0.310 e. The van der Waals surface area contributed by atoms with Crippen molar-refractivity contribution in [2.24, 2.45) is 0 Å². The van der Waals surface area contributed by atoms with Gasteiger partial charge in [0.25, 0.3) is 0 Å². The summed E-state index contributed by atoms with van der Waals surface area (Å²) in [5.41, 5.74) is 1.91. The second kappa shape index (κ2) is 6.39. The molecule has 0 bridgehead atoms. The average Bonchev–Trinajstić information content (AvgIpc) is 2.40. The van der Waals surface area contributed by atoms with Crippen LogP contribution in [0.5, 0.6) is 0 Å². The molecule has 2 aromatic rings. The number of hydrogen-bond acceptors (Lipinski definition) is 1. The second-order valence-corrected chi connectivity index (χ2v) is 4.91. The van der Waals surface area contributed by atoms with Crippen LogP contribution in [0, 0.1) is 0 Å². The van der Waals surface area contributed by atoms with Gasteiger partial charge in [-0.25, -0.2) is 0 Å². The number of hydrogen-bond donors (Lipinski definition) is 1. The Kier molecular flexibility index (Phi) is 4.58. The molecule has 98 valence electrons. The Bertz CT molecular complexity index is 552. The molecule has 1 unspecified atom stereocenters. The molecule has 0 aliphatic heterocycles. The van der Waals surface area contributed by atoms with Gasteiger partial charge in [0, 0.05) is 5.02 Å². The zero-order valence-electron chi connectivity index (χ0n) is 10.4. The van der Waals surface area contributed by atoms with E-state index in [1.165, 1.54) is 0 Å². The molecule has 2 aromatic carbocycles. The third-order valence-corrected chi connectivity index (χ3v) is 3.35. The fraction of sp³-hybridized carbons (Fsp3) is 0.188. The van der Waals surface area contributed by atoms with Crippen LogP contribution in [0.3, 0.4) is 0 Å². The Labute approximate surface area is 117 Å². The van der Waals surface area contributed by atoms with E-state index in [1.807, 2.05) is 36.4 Å². The van der Waals surface area contributed by atoms with Gasteiger partial charge < -0.3 is 5.11 Å². The van der Waals surface area contributed by atoms with E-state index in [-0.39, 0.29) is 0 Å². The molecule has 0 spiro atoms. The minimum Gasteiger partial charge on any atom is -0.481 e. The summed E-state index contributed by atoms with van der Waals surface area (Å²) in [7, 11) is 0. The summed E-state index contributed by atoms with van der Waals surface area (Å²) >= 11 is 5.92. The highest BCUT2D eigenvalue weighted by Crippen LogP contribution is 2.24. The van der Waals surface area contributed by atoms with Gasteiger partial charge in [-0.1, -0.05) is 54.1 Å². The van der Waals surface area contributed by atoms with Crippen LogP contribution < -0.4 is 0 Å². The summed E-state index contributed by atoms with van der Waals surface area (Å²) in [4.78, 5) is 11.4.